The van der Waals surface area contributed by atoms with Gasteiger partial charge in [-0.2, -0.15) is 0 Å². The first-order valence-corrected chi connectivity index (χ1v) is 11.6. The molecule has 0 spiro atoms. The minimum atomic E-state index is -0.554. The number of aromatic nitrogens is 1. The maximum absolute atomic E-state index is 13.2. The van der Waals surface area contributed by atoms with Crippen molar-refractivity contribution in [1.29, 1.82) is 0 Å². The molecule has 1 heterocycles. The van der Waals surface area contributed by atoms with Gasteiger partial charge in [0.05, 0.1) is 6.10 Å². The van der Waals surface area contributed by atoms with Crippen LogP contribution in [0.15, 0.2) is 66.9 Å². The lowest BCUT2D eigenvalue weighted by atomic mass is 9.91. The Kier molecular flexibility index (Phi) is 7.41. The fourth-order valence-corrected chi connectivity index (χ4v) is 4.81. The Morgan fingerprint density at radius 1 is 1.09 bits per heavy atom. The smallest absolute Gasteiger partial charge is 0.253 e. The minimum absolute atomic E-state index is 0.0418. The molecule has 1 fully saturated rings. The van der Waals surface area contributed by atoms with Crippen molar-refractivity contribution in [2.24, 2.45) is 11.8 Å². The minimum Gasteiger partial charge on any atom is -0.388 e. The van der Waals surface area contributed by atoms with E-state index in [4.69, 9.17) is 11.6 Å². The summed E-state index contributed by atoms with van der Waals surface area (Å²) in [4.78, 5) is 18.5. The molecule has 1 aliphatic rings. The second-order valence-corrected chi connectivity index (χ2v) is 9.37. The molecule has 1 saturated carbocycles. The molecule has 1 aromatic heterocycles. The number of aliphatic hydroxyl groups excluding tert-OH is 1. The SMILES string of the molecule is CN(Cc1ccc(Cl)nc1)C(=O)c1ccc(C[C@@H]2CC[C@H]([C@H](O)c3ccc(F)cc3)C2)cc1. The standard InChI is InChI=1S/C27H28ClFN2O2/c1-31(17-20-5-13-25(28)30-16-20)27(33)22-6-2-18(3-7-22)14-19-4-8-23(15-19)26(32)21-9-11-24(29)12-10-21/h2-3,5-7,9-13,16,19,23,26,32H,4,8,14-15,17H2,1H3/t19-,23-,26+/m0/s1. The molecule has 2 aromatic carbocycles. The van der Waals surface area contributed by atoms with Crippen LogP contribution in [0, 0.1) is 17.7 Å². The molecule has 1 amide bonds. The van der Waals surface area contributed by atoms with E-state index in [-0.39, 0.29) is 17.6 Å². The summed E-state index contributed by atoms with van der Waals surface area (Å²) in [6, 6.07) is 17.5. The second-order valence-electron chi connectivity index (χ2n) is 8.99. The molecule has 4 nitrogen and oxygen atoms in total. The van der Waals surface area contributed by atoms with E-state index in [2.05, 4.69) is 4.98 Å². The Morgan fingerprint density at radius 2 is 1.79 bits per heavy atom. The summed E-state index contributed by atoms with van der Waals surface area (Å²) in [6.07, 6.45) is 5.01. The first-order chi connectivity index (χ1) is 15.9. The lowest BCUT2D eigenvalue weighted by Crippen LogP contribution is -2.26. The molecule has 172 valence electrons. The van der Waals surface area contributed by atoms with Crippen molar-refractivity contribution in [3.8, 4) is 0 Å². The Labute approximate surface area is 199 Å². The molecule has 1 N–H and O–H groups in total. The number of amides is 1. The normalized spacial score (nSPS) is 18.8. The summed E-state index contributed by atoms with van der Waals surface area (Å²) in [5.74, 6) is 0.356. The van der Waals surface area contributed by atoms with Crippen molar-refractivity contribution in [3.63, 3.8) is 0 Å². The third kappa shape index (κ3) is 5.98. The van der Waals surface area contributed by atoms with Gasteiger partial charge in [-0.05, 0) is 84.5 Å². The van der Waals surface area contributed by atoms with Crippen LogP contribution in [0.1, 0.15) is 52.4 Å². The predicted octanol–water partition coefficient (Wildman–Crippen LogP) is 5.84. The van der Waals surface area contributed by atoms with E-state index in [9.17, 15) is 14.3 Å². The predicted molar refractivity (Wildman–Crippen MR) is 127 cm³/mol. The van der Waals surface area contributed by atoms with Crippen LogP contribution in [0.3, 0.4) is 0 Å². The largest absolute Gasteiger partial charge is 0.388 e. The fraction of sp³-hybridized carbons (Fsp3) is 0.333. The van der Waals surface area contributed by atoms with Gasteiger partial charge >= 0.3 is 0 Å². The summed E-state index contributed by atoms with van der Waals surface area (Å²) in [5.41, 5.74) is 3.55. The number of aliphatic hydroxyl groups is 1. The van der Waals surface area contributed by atoms with Crippen LogP contribution >= 0.6 is 11.6 Å². The molecule has 0 radical (unpaired) electrons. The Balaban J connectivity index is 1.30. The van der Waals surface area contributed by atoms with Crippen molar-refractivity contribution in [2.45, 2.75) is 38.3 Å². The van der Waals surface area contributed by atoms with Crippen molar-refractivity contribution >= 4 is 17.5 Å². The maximum atomic E-state index is 13.2. The average Bonchev–Trinajstić information content (AvgIpc) is 3.29. The van der Waals surface area contributed by atoms with Crippen LogP contribution in [0.25, 0.3) is 0 Å². The van der Waals surface area contributed by atoms with E-state index in [1.807, 2.05) is 30.3 Å². The number of benzene rings is 2. The highest BCUT2D eigenvalue weighted by Crippen LogP contribution is 2.40. The van der Waals surface area contributed by atoms with Crippen LogP contribution in [0.2, 0.25) is 5.15 Å². The van der Waals surface area contributed by atoms with E-state index in [0.717, 1.165) is 36.8 Å². The van der Waals surface area contributed by atoms with Gasteiger partial charge in [-0.1, -0.05) is 41.9 Å². The van der Waals surface area contributed by atoms with Gasteiger partial charge in [0.2, 0.25) is 0 Å². The third-order valence-corrected chi connectivity index (χ3v) is 6.74. The van der Waals surface area contributed by atoms with Gasteiger partial charge in [0.1, 0.15) is 11.0 Å². The molecule has 0 unspecified atom stereocenters. The summed E-state index contributed by atoms with van der Waals surface area (Å²) in [5, 5.41) is 11.1. The molecule has 6 heteroatoms. The lowest BCUT2D eigenvalue weighted by Gasteiger charge is -2.19. The average molecular weight is 467 g/mol. The summed E-state index contributed by atoms with van der Waals surface area (Å²) in [6.45, 7) is 0.463. The highest BCUT2D eigenvalue weighted by atomic mass is 35.5. The Bertz CT molecular complexity index is 1070. The molecule has 4 rings (SSSR count). The van der Waals surface area contributed by atoms with Crippen LogP contribution in [0.4, 0.5) is 4.39 Å². The molecule has 1 aliphatic carbocycles. The van der Waals surface area contributed by atoms with Gasteiger partial charge in [0.25, 0.3) is 5.91 Å². The zero-order valence-corrected chi connectivity index (χ0v) is 19.4. The van der Waals surface area contributed by atoms with E-state index in [0.29, 0.717) is 23.2 Å². The number of pyridine rings is 1. The Morgan fingerprint density at radius 3 is 2.45 bits per heavy atom. The first-order valence-electron chi connectivity index (χ1n) is 11.3. The van der Waals surface area contributed by atoms with E-state index in [1.165, 1.54) is 17.7 Å². The van der Waals surface area contributed by atoms with E-state index < -0.39 is 6.10 Å². The van der Waals surface area contributed by atoms with E-state index in [1.54, 1.807) is 36.3 Å². The number of nitrogens with zero attached hydrogens (tertiary/aromatic N) is 2. The maximum Gasteiger partial charge on any atom is 0.253 e. The van der Waals surface area contributed by atoms with Crippen molar-refractivity contribution in [3.05, 3.63) is 100 Å². The van der Waals surface area contributed by atoms with Crippen LogP contribution in [-0.4, -0.2) is 27.9 Å². The number of hydrogen-bond donors (Lipinski definition) is 1. The second kappa shape index (κ2) is 10.4. The highest BCUT2D eigenvalue weighted by Gasteiger charge is 2.30. The topological polar surface area (TPSA) is 53.4 Å². The van der Waals surface area contributed by atoms with Gasteiger partial charge in [0.15, 0.2) is 0 Å². The number of halogens is 2. The number of rotatable bonds is 7. The van der Waals surface area contributed by atoms with Gasteiger partial charge in [-0.15, -0.1) is 0 Å². The summed E-state index contributed by atoms with van der Waals surface area (Å²) < 4.78 is 13.2. The van der Waals surface area contributed by atoms with Gasteiger partial charge in [0, 0.05) is 25.4 Å². The van der Waals surface area contributed by atoms with Crippen LogP contribution in [0.5, 0.6) is 0 Å². The van der Waals surface area contributed by atoms with Crippen LogP contribution in [-0.2, 0) is 13.0 Å². The van der Waals surface area contributed by atoms with Gasteiger partial charge in [-0.25, -0.2) is 9.37 Å². The van der Waals surface area contributed by atoms with Crippen molar-refractivity contribution < 1.29 is 14.3 Å². The molecule has 3 atom stereocenters. The molecule has 0 aliphatic heterocycles. The number of carbonyl (C=O) groups is 1. The quantitative estimate of drug-likeness (QED) is 0.445. The summed E-state index contributed by atoms with van der Waals surface area (Å²) >= 11 is 5.82. The van der Waals surface area contributed by atoms with Crippen LogP contribution < -0.4 is 0 Å². The van der Waals surface area contributed by atoms with Crippen molar-refractivity contribution in [2.75, 3.05) is 7.05 Å². The molecular formula is C27H28ClFN2O2. The highest BCUT2D eigenvalue weighted by molar-refractivity contribution is 6.29. The molecule has 33 heavy (non-hydrogen) atoms. The molecule has 0 saturated heterocycles. The fourth-order valence-electron chi connectivity index (χ4n) is 4.70. The summed E-state index contributed by atoms with van der Waals surface area (Å²) in [7, 11) is 1.77. The number of carbonyl (C=O) groups excluding carboxylic acids is 1. The van der Waals surface area contributed by atoms with Gasteiger partial charge in [-0.3, -0.25) is 4.79 Å². The van der Waals surface area contributed by atoms with Crippen molar-refractivity contribution in [1.82, 2.24) is 9.88 Å². The zero-order chi connectivity index (χ0) is 23.4. The number of hydrogen-bond acceptors (Lipinski definition) is 3. The first kappa shape index (κ1) is 23.4. The molecular weight excluding hydrogens is 439 g/mol. The third-order valence-electron chi connectivity index (χ3n) is 6.52. The van der Waals surface area contributed by atoms with Gasteiger partial charge < -0.3 is 10.0 Å². The Hall–Kier alpha value is -2.76. The lowest BCUT2D eigenvalue weighted by molar-refractivity contribution is 0.0785. The molecule has 0 bridgehead atoms. The molecule has 3 aromatic rings. The van der Waals surface area contributed by atoms with E-state index >= 15 is 0 Å². The monoisotopic (exact) mass is 466 g/mol. The zero-order valence-electron chi connectivity index (χ0n) is 18.6.